The Morgan fingerprint density at radius 3 is 2.51 bits per heavy atom. The van der Waals surface area contributed by atoms with Crippen LogP contribution in [0, 0.1) is 11.6 Å². The average Bonchev–Trinajstić information content (AvgIpc) is 3.09. The third-order valence-corrected chi connectivity index (χ3v) is 7.08. The van der Waals surface area contributed by atoms with Crippen molar-refractivity contribution < 1.29 is 13.5 Å². The van der Waals surface area contributed by atoms with Gasteiger partial charge in [0.05, 0.1) is 11.0 Å². The lowest BCUT2D eigenvalue weighted by Crippen LogP contribution is -2.34. The van der Waals surface area contributed by atoms with E-state index in [0.29, 0.717) is 11.3 Å². The van der Waals surface area contributed by atoms with Gasteiger partial charge in [-0.05, 0) is 92.2 Å². The highest BCUT2D eigenvalue weighted by Crippen LogP contribution is 2.39. The lowest BCUT2D eigenvalue weighted by molar-refractivity contribution is 0.221. The van der Waals surface area contributed by atoms with E-state index >= 15 is 0 Å². The number of ether oxygens (including phenoxy) is 1. The normalized spacial score (nSPS) is 17.7. The maximum atomic E-state index is 14.0. The van der Waals surface area contributed by atoms with Gasteiger partial charge in [-0.15, -0.1) is 0 Å². The highest BCUT2D eigenvalue weighted by Gasteiger charge is 2.23. The van der Waals surface area contributed by atoms with Crippen LogP contribution in [-0.2, 0) is 6.61 Å². The summed E-state index contributed by atoms with van der Waals surface area (Å²) in [4.78, 5) is 18.1. The third-order valence-electron chi connectivity index (χ3n) is 7.08. The van der Waals surface area contributed by atoms with E-state index in [0.717, 1.165) is 59.2 Å². The number of hydrogen-bond acceptors (Lipinski definition) is 3. The first-order valence-corrected chi connectivity index (χ1v) is 11.8. The van der Waals surface area contributed by atoms with Gasteiger partial charge in [-0.2, -0.15) is 0 Å². The Morgan fingerprint density at radius 2 is 1.71 bits per heavy atom. The zero-order valence-corrected chi connectivity index (χ0v) is 19.4. The maximum Gasteiger partial charge on any atom is 0.326 e. The highest BCUT2D eigenvalue weighted by atomic mass is 19.1. The summed E-state index contributed by atoms with van der Waals surface area (Å²) in [6.45, 7) is 2.08. The van der Waals surface area contributed by atoms with Gasteiger partial charge >= 0.3 is 5.69 Å². The van der Waals surface area contributed by atoms with Crippen LogP contribution in [0.15, 0.2) is 59.4 Å². The van der Waals surface area contributed by atoms with Crippen molar-refractivity contribution in [3.05, 3.63) is 99.0 Å². The van der Waals surface area contributed by atoms with Crippen LogP contribution >= 0.6 is 0 Å². The summed E-state index contributed by atoms with van der Waals surface area (Å²) >= 11 is 0. The van der Waals surface area contributed by atoms with E-state index in [-0.39, 0.29) is 24.2 Å². The van der Waals surface area contributed by atoms with Crippen molar-refractivity contribution in [2.75, 3.05) is 20.1 Å². The number of imidazole rings is 1. The molecule has 7 heteroatoms. The number of nitrogens with zero attached hydrogens (tertiary/aromatic N) is 2. The summed E-state index contributed by atoms with van der Waals surface area (Å²) in [6, 6.07) is 15.1. The molecule has 1 aromatic heterocycles. The second-order valence-corrected chi connectivity index (χ2v) is 9.40. The molecule has 2 aliphatic heterocycles. The summed E-state index contributed by atoms with van der Waals surface area (Å²) < 4.78 is 35.7. The molecular weight excluding hydrogens is 448 g/mol. The first-order chi connectivity index (χ1) is 17.0. The number of aromatic amines is 1. The van der Waals surface area contributed by atoms with E-state index < -0.39 is 5.82 Å². The summed E-state index contributed by atoms with van der Waals surface area (Å²) in [5.41, 5.74) is 5.50. The summed E-state index contributed by atoms with van der Waals surface area (Å²) in [5, 5.41) is 0. The van der Waals surface area contributed by atoms with Crippen molar-refractivity contribution >= 4 is 22.7 Å². The van der Waals surface area contributed by atoms with Gasteiger partial charge < -0.3 is 14.6 Å². The molecule has 1 fully saturated rings. The molecule has 3 aromatic carbocycles. The Hall–Kier alpha value is -3.71. The van der Waals surface area contributed by atoms with E-state index in [4.69, 9.17) is 4.74 Å². The Labute approximate surface area is 201 Å². The second-order valence-electron chi connectivity index (χ2n) is 9.40. The predicted molar refractivity (Wildman–Crippen MR) is 132 cm³/mol. The number of H-pyrrole nitrogens is 1. The third kappa shape index (κ3) is 3.96. The topological polar surface area (TPSA) is 50.3 Å². The number of benzene rings is 3. The van der Waals surface area contributed by atoms with Crippen molar-refractivity contribution in [1.82, 2.24) is 14.5 Å². The first kappa shape index (κ1) is 21.8. The summed E-state index contributed by atoms with van der Waals surface area (Å²) in [7, 11) is 2.10. The van der Waals surface area contributed by atoms with Gasteiger partial charge in [0.15, 0.2) is 0 Å². The van der Waals surface area contributed by atoms with Gasteiger partial charge in [0.2, 0.25) is 0 Å². The number of aromatic nitrogens is 2. The second kappa shape index (κ2) is 8.50. The smallest absolute Gasteiger partial charge is 0.326 e. The fourth-order valence-electron chi connectivity index (χ4n) is 5.26. The van der Waals surface area contributed by atoms with Gasteiger partial charge in [0.25, 0.3) is 0 Å². The molecule has 0 bridgehead atoms. The minimum absolute atomic E-state index is 0.0936. The van der Waals surface area contributed by atoms with Gasteiger partial charge in [-0.1, -0.05) is 12.1 Å². The molecule has 5 nitrogen and oxygen atoms in total. The molecular formula is C28H25F2N3O2. The summed E-state index contributed by atoms with van der Waals surface area (Å²) in [5.74, 6) is -0.330. The van der Waals surface area contributed by atoms with Crippen molar-refractivity contribution in [3.8, 4) is 5.75 Å². The van der Waals surface area contributed by atoms with E-state index in [1.54, 1.807) is 12.1 Å². The van der Waals surface area contributed by atoms with Crippen LogP contribution in [0.25, 0.3) is 22.7 Å². The van der Waals surface area contributed by atoms with Crippen LogP contribution in [0.4, 0.5) is 8.78 Å². The minimum Gasteiger partial charge on any atom is -0.488 e. The molecule has 178 valence electrons. The molecule has 1 N–H and O–H groups in total. The van der Waals surface area contributed by atoms with Crippen LogP contribution in [0.5, 0.6) is 5.75 Å². The van der Waals surface area contributed by atoms with E-state index in [2.05, 4.69) is 16.9 Å². The van der Waals surface area contributed by atoms with Crippen LogP contribution in [0.3, 0.4) is 0 Å². The monoisotopic (exact) mass is 473 g/mol. The molecule has 2 aliphatic rings. The lowest BCUT2D eigenvalue weighted by atomic mass is 9.92. The highest BCUT2D eigenvalue weighted by molar-refractivity contribution is 5.95. The molecule has 35 heavy (non-hydrogen) atoms. The minimum atomic E-state index is -0.394. The van der Waals surface area contributed by atoms with Crippen LogP contribution in [-0.4, -0.2) is 34.6 Å². The molecule has 1 saturated heterocycles. The van der Waals surface area contributed by atoms with Crippen molar-refractivity contribution in [3.63, 3.8) is 0 Å². The van der Waals surface area contributed by atoms with Crippen LogP contribution < -0.4 is 10.4 Å². The molecule has 3 heterocycles. The number of piperidine rings is 1. The molecule has 0 amide bonds. The van der Waals surface area contributed by atoms with E-state index in [1.807, 2.05) is 28.8 Å². The summed E-state index contributed by atoms with van der Waals surface area (Å²) in [6.07, 6.45) is 3.86. The molecule has 0 unspecified atom stereocenters. The number of nitrogens with one attached hydrogen (secondary N) is 1. The fraction of sp³-hybridized carbons (Fsp3) is 0.250. The lowest BCUT2D eigenvalue weighted by Gasteiger charge is -2.29. The quantitative estimate of drug-likeness (QED) is 0.427. The average molecular weight is 474 g/mol. The van der Waals surface area contributed by atoms with Gasteiger partial charge in [0, 0.05) is 23.2 Å². The first-order valence-electron chi connectivity index (χ1n) is 11.8. The van der Waals surface area contributed by atoms with E-state index in [9.17, 15) is 13.6 Å². The molecule has 6 rings (SSSR count). The number of likely N-dealkylation sites (tertiary alicyclic amines) is 1. The van der Waals surface area contributed by atoms with Gasteiger partial charge in [-0.25, -0.2) is 13.6 Å². The van der Waals surface area contributed by atoms with Crippen molar-refractivity contribution in [1.29, 1.82) is 0 Å². The zero-order valence-electron chi connectivity index (χ0n) is 19.4. The largest absolute Gasteiger partial charge is 0.488 e. The van der Waals surface area contributed by atoms with Crippen LogP contribution in [0.1, 0.15) is 41.1 Å². The zero-order chi connectivity index (χ0) is 24.1. The van der Waals surface area contributed by atoms with E-state index in [1.165, 1.54) is 24.3 Å². The molecule has 0 saturated carbocycles. The fourth-order valence-corrected chi connectivity index (χ4v) is 5.26. The van der Waals surface area contributed by atoms with Gasteiger partial charge in [0.1, 0.15) is 24.0 Å². The number of fused-ring (bicyclic) bond motifs is 3. The number of halogens is 2. The number of rotatable bonds is 2. The van der Waals surface area contributed by atoms with Crippen molar-refractivity contribution in [2.24, 2.45) is 0 Å². The predicted octanol–water partition coefficient (Wildman–Crippen LogP) is 5.36. The standard InChI is InChI=1S/C28H25F2N3O2/c1-32-10-8-21(9-11-32)33-26-7-2-17(13-25(26)31-28(33)34)12-24-22-5-3-19(29)14-18(22)16-35-27-15-20(30)4-6-23(24)27/h2-7,12-15,21H,8-11,16H2,1H3,(H,31,34). The molecule has 0 aliphatic carbocycles. The Morgan fingerprint density at radius 1 is 0.971 bits per heavy atom. The Bertz CT molecular complexity index is 1470. The molecule has 4 aromatic rings. The molecule has 0 spiro atoms. The Balaban J connectivity index is 1.47. The van der Waals surface area contributed by atoms with Gasteiger partial charge in [-0.3, -0.25) is 4.57 Å². The molecule has 0 atom stereocenters. The SMILES string of the molecule is CN1CCC(n2c(=O)[nH]c3cc(C=C4c5ccc(F)cc5COc5cc(F)ccc54)ccc32)CC1. The van der Waals surface area contributed by atoms with Crippen molar-refractivity contribution in [2.45, 2.75) is 25.5 Å². The Kier molecular flexibility index (Phi) is 5.29. The van der Waals surface area contributed by atoms with Crippen LogP contribution in [0.2, 0.25) is 0 Å². The number of hydrogen-bond donors (Lipinski definition) is 1. The maximum absolute atomic E-state index is 14.0. The molecule has 0 radical (unpaired) electrons.